The molecule has 7 heteroatoms. The number of carbonyl (C=O) groups is 1. The van der Waals surface area contributed by atoms with Gasteiger partial charge in [0.2, 0.25) is 5.13 Å². The number of aromatic nitrogens is 2. The van der Waals surface area contributed by atoms with Gasteiger partial charge in [-0.25, -0.2) is 4.79 Å². The molecule has 106 valence electrons. The van der Waals surface area contributed by atoms with Crippen LogP contribution in [0.15, 0.2) is 24.3 Å². The lowest BCUT2D eigenvalue weighted by Gasteiger charge is -2.05. The van der Waals surface area contributed by atoms with Crippen molar-refractivity contribution in [2.75, 3.05) is 24.4 Å². The molecule has 0 fully saturated rings. The lowest BCUT2D eigenvalue weighted by Crippen LogP contribution is -2.19. The lowest BCUT2D eigenvalue weighted by atomic mass is 10.2. The summed E-state index contributed by atoms with van der Waals surface area (Å²) in [5, 5.41) is 14.6. The number of hydrogen-bond acceptors (Lipinski definition) is 5. The van der Waals surface area contributed by atoms with E-state index in [2.05, 4.69) is 20.8 Å². The largest absolute Gasteiger partial charge is 0.384 e. The molecule has 2 aromatic rings. The first-order valence-electron chi connectivity index (χ1n) is 6.13. The second-order valence-corrected chi connectivity index (χ2v) is 5.25. The molecule has 20 heavy (non-hydrogen) atoms. The summed E-state index contributed by atoms with van der Waals surface area (Å²) < 4.78 is 4.97. The highest BCUT2D eigenvalue weighted by molar-refractivity contribution is 7.15. The summed E-state index contributed by atoms with van der Waals surface area (Å²) in [5.41, 5.74) is 1.83. The van der Waals surface area contributed by atoms with E-state index >= 15 is 0 Å². The smallest absolute Gasteiger partial charge is 0.325 e. The topological polar surface area (TPSA) is 76.1 Å². The highest BCUT2D eigenvalue weighted by atomic mass is 32.1. The Bertz CT molecular complexity index is 585. The normalized spacial score (nSPS) is 10.3. The van der Waals surface area contributed by atoms with Gasteiger partial charge in [-0.2, -0.15) is 0 Å². The van der Waals surface area contributed by atoms with E-state index in [-0.39, 0.29) is 6.03 Å². The third-order valence-corrected chi connectivity index (χ3v) is 3.38. The van der Waals surface area contributed by atoms with Crippen molar-refractivity contribution in [2.45, 2.75) is 13.3 Å². The minimum atomic E-state index is -0.329. The average Bonchev–Trinajstić information content (AvgIpc) is 2.83. The lowest BCUT2D eigenvalue weighted by molar-refractivity contribution is 0.202. The summed E-state index contributed by atoms with van der Waals surface area (Å²) in [5.74, 6) is 0. The molecule has 2 amide bonds. The zero-order valence-corrected chi connectivity index (χ0v) is 12.2. The molecule has 1 aromatic carbocycles. The number of aryl methyl sites for hydroxylation is 1. The molecule has 0 aliphatic rings. The third kappa shape index (κ3) is 4.29. The van der Waals surface area contributed by atoms with Crippen molar-refractivity contribution in [3.05, 3.63) is 34.8 Å². The molecule has 6 nitrogen and oxygen atoms in total. The molecule has 0 spiro atoms. The molecule has 0 unspecified atom stereocenters. The van der Waals surface area contributed by atoms with E-state index in [0.29, 0.717) is 18.2 Å². The van der Waals surface area contributed by atoms with E-state index in [0.717, 1.165) is 16.3 Å². The first-order chi connectivity index (χ1) is 9.67. The number of nitrogens with zero attached hydrogens (tertiary/aromatic N) is 2. The second kappa shape index (κ2) is 6.97. The minimum absolute atomic E-state index is 0.329. The van der Waals surface area contributed by atoms with Crippen molar-refractivity contribution in [2.24, 2.45) is 0 Å². The van der Waals surface area contributed by atoms with E-state index in [4.69, 9.17) is 4.74 Å². The van der Waals surface area contributed by atoms with Gasteiger partial charge in [0.25, 0.3) is 0 Å². The van der Waals surface area contributed by atoms with E-state index in [1.54, 1.807) is 7.11 Å². The van der Waals surface area contributed by atoms with Crippen LogP contribution in [0.2, 0.25) is 0 Å². The third-order valence-electron chi connectivity index (χ3n) is 2.48. The Labute approximate surface area is 121 Å². The van der Waals surface area contributed by atoms with Crippen molar-refractivity contribution in [3.8, 4) is 0 Å². The number of benzene rings is 1. The summed E-state index contributed by atoms with van der Waals surface area (Å²) in [6, 6.07) is 7.25. The van der Waals surface area contributed by atoms with E-state index in [1.165, 1.54) is 11.3 Å². The number of anilines is 2. The number of nitrogens with one attached hydrogen (secondary N) is 2. The van der Waals surface area contributed by atoms with Crippen molar-refractivity contribution in [3.63, 3.8) is 0 Å². The summed E-state index contributed by atoms with van der Waals surface area (Å²) in [4.78, 5) is 11.8. The quantitative estimate of drug-likeness (QED) is 0.888. The summed E-state index contributed by atoms with van der Waals surface area (Å²) in [6.45, 7) is 2.56. The molecule has 0 saturated heterocycles. The van der Waals surface area contributed by atoms with Crippen LogP contribution in [0.5, 0.6) is 0 Å². The van der Waals surface area contributed by atoms with Gasteiger partial charge >= 0.3 is 6.03 Å². The van der Waals surface area contributed by atoms with Crippen molar-refractivity contribution >= 4 is 28.2 Å². The minimum Gasteiger partial charge on any atom is -0.384 e. The highest BCUT2D eigenvalue weighted by Crippen LogP contribution is 2.16. The van der Waals surface area contributed by atoms with Crippen LogP contribution in [0.4, 0.5) is 15.6 Å². The van der Waals surface area contributed by atoms with E-state index in [1.807, 2.05) is 31.2 Å². The van der Waals surface area contributed by atoms with Crippen LogP contribution in [0.1, 0.15) is 10.6 Å². The number of carbonyl (C=O) groups excluding carboxylic acids is 1. The zero-order chi connectivity index (χ0) is 14.4. The molecule has 0 bridgehead atoms. The van der Waals surface area contributed by atoms with Crippen molar-refractivity contribution in [1.29, 1.82) is 0 Å². The molecule has 2 rings (SSSR count). The van der Waals surface area contributed by atoms with Gasteiger partial charge in [0.05, 0.1) is 6.61 Å². The monoisotopic (exact) mass is 292 g/mol. The fourth-order valence-electron chi connectivity index (χ4n) is 1.58. The molecular weight excluding hydrogens is 276 g/mol. The van der Waals surface area contributed by atoms with Gasteiger partial charge in [0, 0.05) is 19.2 Å². The maximum atomic E-state index is 11.8. The van der Waals surface area contributed by atoms with Crippen molar-refractivity contribution < 1.29 is 9.53 Å². The molecule has 2 N–H and O–H groups in total. The zero-order valence-electron chi connectivity index (χ0n) is 11.3. The first kappa shape index (κ1) is 14.4. The highest BCUT2D eigenvalue weighted by Gasteiger charge is 2.08. The Balaban J connectivity index is 1.89. The van der Waals surface area contributed by atoms with Gasteiger partial charge < -0.3 is 10.1 Å². The number of hydrogen-bond donors (Lipinski definition) is 2. The molecule has 0 aliphatic heterocycles. The first-order valence-corrected chi connectivity index (χ1v) is 6.95. The number of rotatable bonds is 5. The van der Waals surface area contributed by atoms with Crippen LogP contribution < -0.4 is 10.6 Å². The Morgan fingerprint density at radius 3 is 2.95 bits per heavy atom. The molecule has 0 atom stereocenters. The van der Waals surface area contributed by atoms with E-state index < -0.39 is 0 Å². The Hall–Kier alpha value is -1.99. The molecule has 0 saturated carbocycles. The van der Waals surface area contributed by atoms with Gasteiger partial charge in [-0.15, -0.1) is 10.2 Å². The molecule has 1 heterocycles. The average molecular weight is 292 g/mol. The summed E-state index contributed by atoms with van der Waals surface area (Å²) >= 11 is 1.34. The Morgan fingerprint density at radius 1 is 1.35 bits per heavy atom. The fourth-order valence-corrected chi connectivity index (χ4v) is 2.29. The number of urea groups is 1. The van der Waals surface area contributed by atoms with Crippen LogP contribution in [0.3, 0.4) is 0 Å². The standard InChI is InChI=1S/C13H16N4O2S/c1-9-4-3-5-10(8-9)14-12(18)15-13-17-16-11(20-13)6-7-19-2/h3-5,8H,6-7H2,1-2H3,(H2,14,15,17,18). The van der Waals surface area contributed by atoms with Crippen LogP contribution >= 0.6 is 11.3 Å². The van der Waals surface area contributed by atoms with Crippen LogP contribution in [-0.2, 0) is 11.2 Å². The van der Waals surface area contributed by atoms with Gasteiger partial charge in [0.1, 0.15) is 5.01 Å². The van der Waals surface area contributed by atoms with Gasteiger partial charge in [0.15, 0.2) is 0 Å². The SMILES string of the molecule is COCCc1nnc(NC(=O)Nc2cccc(C)c2)s1. The fraction of sp³-hybridized carbons (Fsp3) is 0.308. The van der Waals surface area contributed by atoms with Crippen LogP contribution in [-0.4, -0.2) is 29.9 Å². The van der Waals surface area contributed by atoms with Crippen LogP contribution in [0, 0.1) is 6.92 Å². The number of ether oxygens (including phenoxy) is 1. The predicted molar refractivity (Wildman–Crippen MR) is 79.3 cm³/mol. The van der Waals surface area contributed by atoms with Crippen LogP contribution in [0.25, 0.3) is 0 Å². The van der Waals surface area contributed by atoms with E-state index in [9.17, 15) is 4.79 Å². The van der Waals surface area contributed by atoms with Gasteiger partial charge in [-0.05, 0) is 24.6 Å². The molecule has 1 aromatic heterocycles. The second-order valence-electron chi connectivity index (χ2n) is 4.19. The summed E-state index contributed by atoms with van der Waals surface area (Å²) in [6.07, 6.45) is 0.690. The molecule has 0 radical (unpaired) electrons. The number of methoxy groups -OCH3 is 1. The Morgan fingerprint density at radius 2 is 2.20 bits per heavy atom. The predicted octanol–water partition coefficient (Wildman–Crippen LogP) is 2.68. The van der Waals surface area contributed by atoms with Gasteiger partial charge in [-0.1, -0.05) is 23.5 Å². The summed E-state index contributed by atoms with van der Waals surface area (Å²) in [7, 11) is 1.63. The number of amides is 2. The molecule has 0 aliphatic carbocycles. The maximum Gasteiger partial charge on any atom is 0.325 e. The van der Waals surface area contributed by atoms with Gasteiger partial charge in [-0.3, -0.25) is 5.32 Å². The van der Waals surface area contributed by atoms with Crippen molar-refractivity contribution in [1.82, 2.24) is 10.2 Å². The Kier molecular flexibility index (Phi) is 5.03. The maximum absolute atomic E-state index is 11.8. The molecular formula is C13H16N4O2S.